The van der Waals surface area contributed by atoms with Gasteiger partial charge in [-0.25, -0.2) is 0 Å². The van der Waals surface area contributed by atoms with Crippen molar-refractivity contribution in [1.29, 1.82) is 0 Å². The van der Waals surface area contributed by atoms with Crippen LogP contribution in [0.1, 0.15) is 33.1 Å². The summed E-state index contributed by atoms with van der Waals surface area (Å²) in [7, 11) is 0. The quantitative estimate of drug-likeness (QED) is 0.387. The molecular formula is C8H14O3Ti. The van der Waals surface area contributed by atoms with Gasteiger partial charge in [0.1, 0.15) is 12.2 Å². The monoisotopic (exact) mass is 206 g/mol. The summed E-state index contributed by atoms with van der Waals surface area (Å²) in [6, 6.07) is 0. The molecule has 0 heterocycles. The Morgan fingerprint density at radius 2 is 1.83 bits per heavy atom. The molecule has 0 amide bonds. The minimum atomic E-state index is -0.411. The van der Waals surface area contributed by atoms with Gasteiger partial charge in [0, 0.05) is 28.1 Å². The molecule has 0 saturated carbocycles. The third kappa shape index (κ3) is 7.96. The molecule has 0 saturated heterocycles. The smallest absolute Gasteiger partial charge is 0.313 e. The van der Waals surface area contributed by atoms with Crippen molar-refractivity contribution in [2.24, 2.45) is 0 Å². The number of carbonyl (C=O) groups excluding carboxylic acids is 2. The van der Waals surface area contributed by atoms with Crippen LogP contribution in [-0.4, -0.2) is 18.4 Å². The molecule has 3 nitrogen and oxygen atoms in total. The molecule has 0 atom stereocenters. The first-order valence-corrected chi connectivity index (χ1v) is 3.88. The van der Waals surface area contributed by atoms with Crippen LogP contribution in [0.3, 0.4) is 0 Å². The van der Waals surface area contributed by atoms with Crippen LogP contribution in [0.4, 0.5) is 0 Å². The molecule has 68 valence electrons. The molecule has 4 heteroatoms. The van der Waals surface area contributed by atoms with Crippen molar-refractivity contribution in [3.05, 3.63) is 0 Å². The fraction of sp³-hybridized carbons (Fsp3) is 0.750. The number of rotatable bonds is 5. The summed E-state index contributed by atoms with van der Waals surface area (Å²) < 4.78 is 4.60. The van der Waals surface area contributed by atoms with E-state index in [1.165, 1.54) is 0 Å². The molecule has 0 unspecified atom stereocenters. The molecule has 0 fully saturated rings. The van der Waals surface area contributed by atoms with Gasteiger partial charge in [0.15, 0.2) is 0 Å². The topological polar surface area (TPSA) is 43.4 Å². The Labute approximate surface area is 87.7 Å². The van der Waals surface area contributed by atoms with E-state index in [1.807, 2.05) is 6.92 Å². The van der Waals surface area contributed by atoms with Crippen LogP contribution in [0.25, 0.3) is 0 Å². The van der Waals surface area contributed by atoms with E-state index in [-0.39, 0.29) is 33.9 Å². The summed E-state index contributed by atoms with van der Waals surface area (Å²) in [5.41, 5.74) is 0. The second kappa shape index (κ2) is 8.95. The number of esters is 1. The van der Waals surface area contributed by atoms with E-state index in [1.54, 1.807) is 6.92 Å². The second-order valence-electron chi connectivity index (χ2n) is 2.27. The molecule has 0 aromatic rings. The number of ether oxygens (including phenoxy) is 1. The number of ketones is 1. The summed E-state index contributed by atoms with van der Waals surface area (Å²) in [5, 5.41) is 0. The summed E-state index contributed by atoms with van der Waals surface area (Å²) in [5.74, 6) is -0.447. The molecule has 0 bridgehead atoms. The zero-order valence-corrected chi connectivity index (χ0v) is 9.11. The first-order chi connectivity index (χ1) is 5.20. The summed E-state index contributed by atoms with van der Waals surface area (Å²) in [6.45, 7) is 3.98. The fourth-order valence-electron chi connectivity index (χ4n) is 0.740. The van der Waals surface area contributed by atoms with Gasteiger partial charge >= 0.3 is 5.97 Å². The summed E-state index contributed by atoms with van der Waals surface area (Å²) >= 11 is 0. The van der Waals surface area contributed by atoms with Crippen molar-refractivity contribution in [1.82, 2.24) is 0 Å². The zero-order chi connectivity index (χ0) is 8.69. The molecular weight excluding hydrogens is 192 g/mol. The molecule has 0 aromatic heterocycles. The molecule has 0 aliphatic heterocycles. The summed E-state index contributed by atoms with van der Waals surface area (Å²) in [4.78, 5) is 21.5. The van der Waals surface area contributed by atoms with E-state index in [2.05, 4.69) is 4.74 Å². The Bertz CT molecular complexity index is 129. The summed E-state index contributed by atoms with van der Waals surface area (Å²) in [6.07, 6.45) is 1.19. The van der Waals surface area contributed by atoms with Crippen molar-refractivity contribution in [2.45, 2.75) is 33.1 Å². The van der Waals surface area contributed by atoms with E-state index in [9.17, 15) is 9.59 Å². The predicted octanol–water partition coefficient (Wildman–Crippen LogP) is 1.31. The SMILES string of the molecule is CCCC(=O)CC(=O)OCC.[Ti]. The van der Waals surface area contributed by atoms with E-state index >= 15 is 0 Å². The minimum Gasteiger partial charge on any atom is -0.466 e. The first-order valence-electron chi connectivity index (χ1n) is 3.88. The molecule has 0 radical (unpaired) electrons. The second-order valence-corrected chi connectivity index (χ2v) is 2.27. The van der Waals surface area contributed by atoms with Crippen molar-refractivity contribution in [2.75, 3.05) is 6.61 Å². The number of carbonyl (C=O) groups is 2. The number of hydrogen-bond acceptors (Lipinski definition) is 3. The molecule has 0 rings (SSSR count). The van der Waals surface area contributed by atoms with Gasteiger partial charge in [-0.1, -0.05) is 6.92 Å². The van der Waals surface area contributed by atoms with Crippen molar-refractivity contribution >= 4 is 11.8 Å². The maximum absolute atomic E-state index is 10.8. The van der Waals surface area contributed by atoms with Gasteiger partial charge in [-0.3, -0.25) is 9.59 Å². The first kappa shape index (κ1) is 14.4. The van der Waals surface area contributed by atoms with Crippen LogP contribution >= 0.6 is 0 Å². The van der Waals surface area contributed by atoms with Crippen LogP contribution in [0, 0.1) is 0 Å². The standard InChI is InChI=1S/C8H14O3.Ti/c1-3-5-7(9)6-8(10)11-4-2;/h3-6H2,1-2H3;. The van der Waals surface area contributed by atoms with E-state index in [0.29, 0.717) is 13.0 Å². The molecule has 12 heavy (non-hydrogen) atoms. The third-order valence-corrected chi connectivity index (χ3v) is 1.18. The Hall–Kier alpha value is -0.146. The molecule has 0 aliphatic carbocycles. The van der Waals surface area contributed by atoms with Crippen molar-refractivity contribution < 1.29 is 36.0 Å². The van der Waals surface area contributed by atoms with Crippen LogP contribution in [0.5, 0.6) is 0 Å². The Balaban J connectivity index is 0. The minimum absolute atomic E-state index is 0. The van der Waals surface area contributed by atoms with Gasteiger partial charge in [0.25, 0.3) is 0 Å². The Morgan fingerprint density at radius 1 is 1.25 bits per heavy atom. The fourth-order valence-corrected chi connectivity index (χ4v) is 0.740. The van der Waals surface area contributed by atoms with E-state index in [4.69, 9.17) is 0 Å². The van der Waals surface area contributed by atoms with Gasteiger partial charge in [-0.2, -0.15) is 0 Å². The van der Waals surface area contributed by atoms with Gasteiger partial charge in [0.05, 0.1) is 6.61 Å². The van der Waals surface area contributed by atoms with Crippen LogP contribution in [-0.2, 0) is 36.0 Å². The van der Waals surface area contributed by atoms with Crippen molar-refractivity contribution in [3.63, 3.8) is 0 Å². The van der Waals surface area contributed by atoms with Gasteiger partial charge < -0.3 is 4.74 Å². The van der Waals surface area contributed by atoms with Gasteiger partial charge in [-0.05, 0) is 13.3 Å². The molecule has 0 N–H and O–H groups in total. The van der Waals surface area contributed by atoms with Gasteiger partial charge in [0.2, 0.25) is 0 Å². The van der Waals surface area contributed by atoms with E-state index in [0.717, 1.165) is 6.42 Å². The van der Waals surface area contributed by atoms with E-state index < -0.39 is 5.97 Å². The van der Waals surface area contributed by atoms with Crippen molar-refractivity contribution in [3.8, 4) is 0 Å². The maximum atomic E-state index is 10.8. The Kier molecular flexibility index (Phi) is 10.7. The molecule has 0 aliphatic rings. The largest absolute Gasteiger partial charge is 0.466 e. The molecule has 0 spiro atoms. The number of Topliss-reactive ketones (excluding diaryl/α,β-unsaturated/α-hetero) is 1. The normalized spacial score (nSPS) is 8.50. The van der Waals surface area contributed by atoms with Crippen LogP contribution in [0.2, 0.25) is 0 Å². The number of hydrogen-bond donors (Lipinski definition) is 0. The Morgan fingerprint density at radius 3 is 2.25 bits per heavy atom. The third-order valence-electron chi connectivity index (χ3n) is 1.18. The average Bonchev–Trinajstić information content (AvgIpc) is 1.87. The van der Waals surface area contributed by atoms with Crippen LogP contribution < -0.4 is 0 Å². The van der Waals surface area contributed by atoms with Gasteiger partial charge in [-0.15, -0.1) is 0 Å². The maximum Gasteiger partial charge on any atom is 0.313 e. The zero-order valence-electron chi connectivity index (χ0n) is 7.55. The predicted molar refractivity (Wildman–Crippen MR) is 41.2 cm³/mol. The molecule has 0 aromatic carbocycles. The van der Waals surface area contributed by atoms with Crippen LogP contribution in [0.15, 0.2) is 0 Å². The average molecular weight is 206 g/mol.